The maximum Gasteiger partial charge on any atom is 0.282 e. The lowest BCUT2D eigenvalue weighted by atomic mass is 10.1. The standard InChI is InChI=1S/C20H21N3O3/c1-5-26-15-8-6-14(7-9-15)21-19(24)18-20(25)23(4)17-11-13(3)12(2)10-16(17)22-18/h6-11H,5H2,1-4H3,(H,21,24). The molecule has 0 radical (unpaired) electrons. The molecule has 0 saturated heterocycles. The Kier molecular flexibility index (Phi) is 4.75. The van der Waals surface area contributed by atoms with E-state index in [-0.39, 0.29) is 5.69 Å². The minimum Gasteiger partial charge on any atom is -0.494 e. The van der Waals surface area contributed by atoms with Crippen LogP contribution in [0.1, 0.15) is 28.5 Å². The molecule has 0 bridgehead atoms. The first kappa shape index (κ1) is 17.7. The van der Waals surface area contributed by atoms with Crippen LogP contribution < -0.4 is 15.6 Å². The number of hydrogen-bond donors (Lipinski definition) is 1. The number of amides is 1. The normalized spacial score (nSPS) is 10.8. The molecule has 0 fully saturated rings. The van der Waals surface area contributed by atoms with Gasteiger partial charge in [0.25, 0.3) is 11.5 Å². The first-order valence-electron chi connectivity index (χ1n) is 8.43. The highest BCUT2D eigenvalue weighted by atomic mass is 16.5. The van der Waals surface area contributed by atoms with Crippen LogP contribution in [-0.4, -0.2) is 22.1 Å². The molecule has 3 rings (SSSR count). The molecule has 26 heavy (non-hydrogen) atoms. The zero-order chi connectivity index (χ0) is 18.8. The predicted molar refractivity (Wildman–Crippen MR) is 102 cm³/mol. The number of carbonyl (C=O) groups is 1. The summed E-state index contributed by atoms with van der Waals surface area (Å²) in [6.07, 6.45) is 0. The van der Waals surface area contributed by atoms with Crippen molar-refractivity contribution in [2.45, 2.75) is 20.8 Å². The Morgan fingerprint density at radius 2 is 1.81 bits per heavy atom. The summed E-state index contributed by atoms with van der Waals surface area (Å²) in [7, 11) is 1.65. The molecule has 1 aromatic heterocycles. The van der Waals surface area contributed by atoms with Gasteiger partial charge in [0.1, 0.15) is 5.75 Å². The lowest BCUT2D eigenvalue weighted by Gasteiger charge is -2.11. The summed E-state index contributed by atoms with van der Waals surface area (Å²) in [5.41, 5.74) is 3.47. The molecular formula is C20H21N3O3. The molecule has 0 aliphatic heterocycles. The zero-order valence-electron chi connectivity index (χ0n) is 15.3. The number of ether oxygens (including phenoxy) is 1. The van der Waals surface area contributed by atoms with Gasteiger partial charge in [-0.25, -0.2) is 4.98 Å². The fourth-order valence-electron chi connectivity index (χ4n) is 2.72. The molecule has 0 aliphatic carbocycles. The van der Waals surface area contributed by atoms with Gasteiger partial charge in [0, 0.05) is 12.7 Å². The molecule has 6 nitrogen and oxygen atoms in total. The van der Waals surface area contributed by atoms with Crippen LogP contribution in [0, 0.1) is 13.8 Å². The zero-order valence-corrected chi connectivity index (χ0v) is 15.3. The second kappa shape index (κ2) is 7.00. The van der Waals surface area contributed by atoms with Crippen molar-refractivity contribution >= 4 is 22.6 Å². The van der Waals surface area contributed by atoms with Crippen LogP contribution in [0.4, 0.5) is 5.69 Å². The van der Waals surface area contributed by atoms with Crippen molar-refractivity contribution in [3.05, 3.63) is 63.6 Å². The maximum absolute atomic E-state index is 12.6. The van der Waals surface area contributed by atoms with E-state index in [0.717, 1.165) is 16.9 Å². The minimum absolute atomic E-state index is 0.128. The Morgan fingerprint density at radius 3 is 2.46 bits per heavy atom. The van der Waals surface area contributed by atoms with Crippen molar-refractivity contribution in [3.63, 3.8) is 0 Å². The molecule has 0 spiro atoms. The number of aromatic nitrogens is 2. The van der Waals surface area contributed by atoms with Crippen LogP contribution in [0.15, 0.2) is 41.2 Å². The summed E-state index contributed by atoms with van der Waals surface area (Å²) < 4.78 is 6.84. The van der Waals surface area contributed by atoms with E-state index >= 15 is 0 Å². The minimum atomic E-state index is -0.533. The molecule has 0 atom stereocenters. The summed E-state index contributed by atoms with van der Waals surface area (Å²) >= 11 is 0. The number of carbonyl (C=O) groups excluding carboxylic acids is 1. The third kappa shape index (κ3) is 3.31. The molecule has 0 aliphatic rings. The Hall–Kier alpha value is -3.15. The largest absolute Gasteiger partial charge is 0.494 e. The highest BCUT2D eigenvalue weighted by Gasteiger charge is 2.17. The highest BCUT2D eigenvalue weighted by molar-refractivity contribution is 6.03. The van der Waals surface area contributed by atoms with Crippen molar-refractivity contribution in [3.8, 4) is 5.75 Å². The number of rotatable bonds is 4. The van der Waals surface area contributed by atoms with Crippen molar-refractivity contribution < 1.29 is 9.53 Å². The Labute approximate surface area is 151 Å². The lowest BCUT2D eigenvalue weighted by Crippen LogP contribution is -2.29. The SMILES string of the molecule is CCOc1ccc(NC(=O)c2nc3cc(C)c(C)cc3n(C)c2=O)cc1. The number of anilines is 1. The topological polar surface area (TPSA) is 73.2 Å². The van der Waals surface area contributed by atoms with Crippen LogP contribution in [0.2, 0.25) is 0 Å². The average Bonchev–Trinajstić information content (AvgIpc) is 2.62. The monoisotopic (exact) mass is 351 g/mol. The smallest absolute Gasteiger partial charge is 0.282 e. The first-order valence-corrected chi connectivity index (χ1v) is 8.43. The number of nitrogens with zero attached hydrogens (tertiary/aromatic N) is 2. The van der Waals surface area contributed by atoms with Gasteiger partial charge in [-0.05, 0) is 68.3 Å². The van der Waals surface area contributed by atoms with Crippen LogP contribution in [0.5, 0.6) is 5.75 Å². The third-order valence-electron chi connectivity index (χ3n) is 4.33. The van der Waals surface area contributed by atoms with E-state index in [1.165, 1.54) is 4.57 Å². The van der Waals surface area contributed by atoms with Crippen molar-refractivity contribution in [2.75, 3.05) is 11.9 Å². The first-order chi connectivity index (χ1) is 12.4. The van der Waals surface area contributed by atoms with Crippen LogP contribution in [0.25, 0.3) is 11.0 Å². The van der Waals surface area contributed by atoms with Crippen molar-refractivity contribution in [1.82, 2.24) is 9.55 Å². The molecule has 2 aromatic carbocycles. The summed E-state index contributed by atoms with van der Waals surface area (Å²) in [5.74, 6) is 0.186. The Bertz CT molecular complexity index is 1040. The number of nitrogens with one attached hydrogen (secondary N) is 1. The summed E-state index contributed by atoms with van der Waals surface area (Å²) in [6, 6.07) is 10.8. The lowest BCUT2D eigenvalue weighted by molar-refractivity contribution is 0.102. The van der Waals surface area contributed by atoms with Crippen LogP contribution in [0.3, 0.4) is 0 Å². The van der Waals surface area contributed by atoms with E-state index in [0.29, 0.717) is 23.3 Å². The van der Waals surface area contributed by atoms with E-state index in [9.17, 15) is 9.59 Å². The van der Waals surface area contributed by atoms with E-state index < -0.39 is 11.5 Å². The second-order valence-corrected chi connectivity index (χ2v) is 6.16. The molecule has 134 valence electrons. The van der Waals surface area contributed by atoms with E-state index in [4.69, 9.17) is 4.74 Å². The van der Waals surface area contributed by atoms with Crippen LogP contribution >= 0.6 is 0 Å². The quantitative estimate of drug-likeness (QED) is 0.783. The number of aryl methyl sites for hydroxylation is 3. The molecule has 0 unspecified atom stereocenters. The molecule has 6 heteroatoms. The van der Waals surface area contributed by atoms with Gasteiger partial charge in [-0.2, -0.15) is 0 Å². The van der Waals surface area contributed by atoms with E-state index in [1.807, 2.05) is 32.9 Å². The van der Waals surface area contributed by atoms with Gasteiger partial charge in [0.05, 0.1) is 17.6 Å². The highest BCUT2D eigenvalue weighted by Crippen LogP contribution is 2.18. The summed E-state index contributed by atoms with van der Waals surface area (Å²) in [6.45, 7) is 6.43. The summed E-state index contributed by atoms with van der Waals surface area (Å²) in [4.78, 5) is 29.5. The van der Waals surface area contributed by atoms with Gasteiger partial charge in [-0.15, -0.1) is 0 Å². The Balaban J connectivity index is 1.96. The van der Waals surface area contributed by atoms with E-state index in [1.54, 1.807) is 31.3 Å². The van der Waals surface area contributed by atoms with Gasteiger partial charge in [0.15, 0.2) is 5.69 Å². The molecule has 1 amide bonds. The fourth-order valence-corrected chi connectivity index (χ4v) is 2.72. The Morgan fingerprint density at radius 1 is 1.15 bits per heavy atom. The van der Waals surface area contributed by atoms with Gasteiger partial charge >= 0.3 is 0 Å². The predicted octanol–water partition coefficient (Wildman–Crippen LogP) is 3.20. The van der Waals surface area contributed by atoms with Gasteiger partial charge in [0.2, 0.25) is 0 Å². The van der Waals surface area contributed by atoms with Crippen molar-refractivity contribution in [2.24, 2.45) is 7.05 Å². The second-order valence-electron chi connectivity index (χ2n) is 6.16. The molecular weight excluding hydrogens is 330 g/mol. The number of benzene rings is 2. The van der Waals surface area contributed by atoms with Gasteiger partial charge in [-0.3, -0.25) is 9.59 Å². The maximum atomic E-state index is 12.6. The average molecular weight is 351 g/mol. The molecule has 3 aromatic rings. The summed E-state index contributed by atoms with van der Waals surface area (Å²) in [5, 5.41) is 2.72. The molecule has 0 saturated carbocycles. The number of fused-ring (bicyclic) bond motifs is 1. The molecule has 1 N–H and O–H groups in total. The fraction of sp³-hybridized carbons (Fsp3) is 0.250. The van der Waals surface area contributed by atoms with Crippen molar-refractivity contribution in [1.29, 1.82) is 0 Å². The van der Waals surface area contributed by atoms with Gasteiger partial charge in [-0.1, -0.05) is 0 Å². The van der Waals surface area contributed by atoms with Crippen LogP contribution in [-0.2, 0) is 7.05 Å². The van der Waals surface area contributed by atoms with Gasteiger partial charge < -0.3 is 14.6 Å². The third-order valence-corrected chi connectivity index (χ3v) is 4.33. The molecule has 1 heterocycles. The number of hydrogen-bond acceptors (Lipinski definition) is 4. The van der Waals surface area contributed by atoms with E-state index in [2.05, 4.69) is 10.3 Å².